The van der Waals surface area contributed by atoms with Crippen LogP contribution in [0.1, 0.15) is 24.8 Å². The molecule has 1 amide bonds. The first-order chi connectivity index (χ1) is 11.7. The number of nitrogens with zero attached hydrogens (tertiary/aromatic N) is 1. The predicted molar refractivity (Wildman–Crippen MR) is 87.8 cm³/mol. The van der Waals surface area contributed by atoms with Gasteiger partial charge in [0.2, 0.25) is 5.91 Å². The Morgan fingerprint density at radius 1 is 1.33 bits per heavy atom. The second-order valence-corrected chi connectivity index (χ2v) is 6.10. The topological polar surface area (TPSA) is 65.1 Å². The fourth-order valence-corrected chi connectivity index (χ4v) is 3.29. The molecule has 1 fully saturated rings. The Morgan fingerprint density at radius 3 is 2.92 bits per heavy atom. The van der Waals surface area contributed by atoms with Crippen molar-refractivity contribution in [3.05, 3.63) is 29.8 Å². The van der Waals surface area contributed by atoms with Gasteiger partial charge in [0, 0.05) is 18.7 Å². The molecular formula is C18H23NO5. The molecule has 130 valence electrons. The maximum atomic E-state index is 12.6. The van der Waals surface area contributed by atoms with E-state index in [2.05, 4.69) is 0 Å². The highest BCUT2D eigenvalue weighted by Gasteiger charge is 2.38. The lowest BCUT2D eigenvalue weighted by Crippen LogP contribution is -2.43. The number of amides is 1. The normalized spacial score (nSPS) is 22.5. The van der Waals surface area contributed by atoms with E-state index >= 15 is 0 Å². The van der Waals surface area contributed by atoms with Crippen molar-refractivity contribution in [1.29, 1.82) is 0 Å². The summed E-state index contributed by atoms with van der Waals surface area (Å²) in [5, 5.41) is 0. The van der Waals surface area contributed by atoms with Gasteiger partial charge in [-0.15, -0.1) is 0 Å². The summed E-state index contributed by atoms with van der Waals surface area (Å²) in [4.78, 5) is 26.2. The standard InChI is InChI=1S/C18H23NO5/c1-22-18(21)16-11-13-5-2-3-7-15(13)19(16)17(20)8-10-23-12-14-6-4-9-24-14/h2-3,5,7,14,16H,4,6,8-12H2,1H3/t14-,16+/m0/s1. The van der Waals surface area contributed by atoms with Crippen molar-refractivity contribution in [2.75, 3.05) is 31.8 Å². The maximum Gasteiger partial charge on any atom is 0.329 e. The van der Waals surface area contributed by atoms with Crippen molar-refractivity contribution in [1.82, 2.24) is 0 Å². The number of benzene rings is 1. The quantitative estimate of drug-likeness (QED) is 0.586. The second kappa shape index (κ2) is 7.77. The smallest absolute Gasteiger partial charge is 0.329 e. The van der Waals surface area contributed by atoms with Crippen LogP contribution in [0.25, 0.3) is 0 Å². The molecule has 2 aliphatic heterocycles. The molecule has 6 heteroatoms. The van der Waals surface area contributed by atoms with Crippen LogP contribution >= 0.6 is 0 Å². The Labute approximate surface area is 141 Å². The van der Waals surface area contributed by atoms with Gasteiger partial charge in [0.25, 0.3) is 0 Å². The summed E-state index contributed by atoms with van der Waals surface area (Å²) in [6.45, 7) is 1.63. The number of fused-ring (bicyclic) bond motifs is 1. The summed E-state index contributed by atoms with van der Waals surface area (Å²) in [6.07, 6.45) is 2.95. The number of rotatable bonds is 6. The number of methoxy groups -OCH3 is 1. The number of anilines is 1. The Balaban J connectivity index is 1.59. The van der Waals surface area contributed by atoms with Crippen LogP contribution in [0.2, 0.25) is 0 Å². The van der Waals surface area contributed by atoms with Crippen molar-refractivity contribution < 1.29 is 23.8 Å². The molecule has 2 heterocycles. The van der Waals surface area contributed by atoms with Gasteiger partial charge in [-0.1, -0.05) is 18.2 Å². The Morgan fingerprint density at radius 2 is 2.17 bits per heavy atom. The molecule has 0 radical (unpaired) electrons. The van der Waals surface area contributed by atoms with Crippen molar-refractivity contribution >= 4 is 17.6 Å². The molecule has 0 aromatic heterocycles. The minimum atomic E-state index is -0.585. The molecule has 0 saturated carbocycles. The highest BCUT2D eigenvalue weighted by Crippen LogP contribution is 2.33. The van der Waals surface area contributed by atoms with Gasteiger partial charge in [0.15, 0.2) is 0 Å². The summed E-state index contributed by atoms with van der Waals surface area (Å²) in [5.41, 5.74) is 1.78. The average molecular weight is 333 g/mol. The van der Waals surface area contributed by atoms with Crippen LogP contribution in [0.15, 0.2) is 24.3 Å². The van der Waals surface area contributed by atoms with Gasteiger partial charge < -0.3 is 14.2 Å². The summed E-state index contributed by atoms with van der Waals surface area (Å²) in [6, 6.07) is 6.99. The third-order valence-electron chi connectivity index (χ3n) is 4.51. The zero-order valence-corrected chi connectivity index (χ0v) is 13.9. The summed E-state index contributed by atoms with van der Waals surface area (Å²) >= 11 is 0. The molecule has 2 aliphatic rings. The SMILES string of the molecule is COC(=O)[C@H]1Cc2ccccc2N1C(=O)CCOC[C@@H]1CCCO1. The van der Waals surface area contributed by atoms with Crippen molar-refractivity contribution in [2.45, 2.75) is 37.8 Å². The van der Waals surface area contributed by atoms with Crippen LogP contribution in [-0.4, -0.2) is 51.0 Å². The van der Waals surface area contributed by atoms with Gasteiger partial charge >= 0.3 is 5.97 Å². The highest BCUT2D eigenvalue weighted by atomic mass is 16.5. The maximum absolute atomic E-state index is 12.6. The molecule has 0 aliphatic carbocycles. The van der Waals surface area contributed by atoms with Gasteiger partial charge in [0.05, 0.1) is 32.8 Å². The van der Waals surface area contributed by atoms with Crippen molar-refractivity contribution in [3.8, 4) is 0 Å². The molecule has 1 saturated heterocycles. The van der Waals surface area contributed by atoms with Gasteiger partial charge in [-0.3, -0.25) is 9.69 Å². The molecule has 0 bridgehead atoms. The molecule has 0 spiro atoms. The first kappa shape index (κ1) is 16.9. The van der Waals surface area contributed by atoms with Crippen LogP contribution < -0.4 is 4.90 Å². The van der Waals surface area contributed by atoms with E-state index in [1.165, 1.54) is 7.11 Å². The number of hydrogen-bond acceptors (Lipinski definition) is 5. The van der Waals surface area contributed by atoms with Gasteiger partial charge in [-0.25, -0.2) is 4.79 Å². The molecule has 6 nitrogen and oxygen atoms in total. The third kappa shape index (κ3) is 3.60. The minimum absolute atomic E-state index is 0.123. The van der Waals surface area contributed by atoms with Crippen molar-refractivity contribution in [3.63, 3.8) is 0 Å². The molecule has 24 heavy (non-hydrogen) atoms. The van der Waals surface area contributed by atoms with Gasteiger partial charge in [-0.05, 0) is 24.5 Å². The summed E-state index contributed by atoms with van der Waals surface area (Å²) in [7, 11) is 1.35. The second-order valence-electron chi connectivity index (χ2n) is 6.10. The van der Waals surface area contributed by atoms with E-state index in [0.29, 0.717) is 19.6 Å². The first-order valence-electron chi connectivity index (χ1n) is 8.38. The molecular weight excluding hydrogens is 310 g/mol. The number of para-hydroxylation sites is 1. The largest absolute Gasteiger partial charge is 0.467 e. The number of carbonyl (C=O) groups excluding carboxylic acids is 2. The monoisotopic (exact) mass is 333 g/mol. The van der Waals surface area contributed by atoms with E-state index in [1.807, 2.05) is 24.3 Å². The van der Waals surface area contributed by atoms with E-state index in [9.17, 15) is 9.59 Å². The van der Waals surface area contributed by atoms with Crippen LogP contribution in [0.5, 0.6) is 0 Å². The first-order valence-corrected chi connectivity index (χ1v) is 8.38. The van der Waals surface area contributed by atoms with Crippen LogP contribution in [-0.2, 0) is 30.2 Å². The zero-order valence-electron chi connectivity index (χ0n) is 13.9. The van der Waals surface area contributed by atoms with Crippen molar-refractivity contribution in [2.24, 2.45) is 0 Å². The van der Waals surface area contributed by atoms with E-state index in [1.54, 1.807) is 4.90 Å². The molecule has 3 rings (SSSR count). The van der Waals surface area contributed by atoms with E-state index < -0.39 is 6.04 Å². The lowest BCUT2D eigenvalue weighted by molar-refractivity contribution is -0.143. The zero-order chi connectivity index (χ0) is 16.9. The number of carbonyl (C=O) groups is 2. The lowest BCUT2D eigenvalue weighted by atomic mass is 10.1. The van der Waals surface area contributed by atoms with E-state index in [4.69, 9.17) is 14.2 Å². The molecule has 2 atom stereocenters. The van der Waals surface area contributed by atoms with Gasteiger partial charge in [-0.2, -0.15) is 0 Å². The number of esters is 1. The Bertz CT molecular complexity index is 597. The molecule has 1 aromatic rings. The summed E-state index contributed by atoms with van der Waals surface area (Å²) in [5.74, 6) is -0.512. The predicted octanol–water partition coefficient (Wildman–Crippen LogP) is 1.70. The van der Waals surface area contributed by atoms with E-state index in [-0.39, 0.29) is 24.4 Å². The fraction of sp³-hybridized carbons (Fsp3) is 0.556. The Hall–Kier alpha value is -1.92. The van der Waals surface area contributed by atoms with Crippen LogP contribution in [0.4, 0.5) is 5.69 Å². The van der Waals surface area contributed by atoms with Crippen LogP contribution in [0, 0.1) is 0 Å². The van der Waals surface area contributed by atoms with Crippen LogP contribution in [0.3, 0.4) is 0 Å². The average Bonchev–Trinajstić information content (AvgIpc) is 3.25. The van der Waals surface area contributed by atoms with Gasteiger partial charge in [0.1, 0.15) is 6.04 Å². The molecule has 1 aromatic carbocycles. The summed E-state index contributed by atoms with van der Waals surface area (Å²) < 4.78 is 15.9. The minimum Gasteiger partial charge on any atom is -0.467 e. The Kier molecular flexibility index (Phi) is 5.48. The molecule has 0 N–H and O–H groups in total. The molecule has 0 unspecified atom stereocenters. The van der Waals surface area contributed by atoms with E-state index in [0.717, 1.165) is 30.7 Å². The lowest BCUT2D eigenvalue weighted by Gasteiger charge is -2.23. The fourth-order valence-electron chi connectivity index (χ4n) is 3.29. The number of hydrogen-bond donors (Lipinski definition) is 0. The highest BCUT2D eigenvalue weighted by molar-refractivity contribution is 6.02. The number of ether oxygens (including phenoxy) is 3. The third-order valence-corrected chi connectivity index (χ3v) is 4.51.